The molecule has 2 aromatic carbocycles. The number of fused-ring (bicyclic) bond motifs is 2. The Morgan fingerprint density at radius 3 is 2.71 bits per heavy atom. The van der Waals surface area contributed by atoms with E-state index in [1.54, 1.807) is 22.9 Å². The van der Waals surface area contributed by atoms with Crippen LogP contribution in [0.15, 0.2) is 64.7 Å². The average Bonchev–Trinajstić information content (AvgIpc) is 3.28. The van der Waals surface area contributed by atoms with Gasteiger partial charge < -0.3 is 19.8 Å². The predicted molar refractivity (Wildman–Crippen MR) is 125 cm³/mol. The van der Waals surface area contributed by atoms with E-state index in [2.05, 4.69) is 25.7 Å². The highest BCUT2D eigenvalue weighted by Gasteiger charge is 2.16. The van der Waals surface area contributed by atoms with Crippen LogP contribution in [0.2, 0.25) is 0 Å². The molecule has 0 spiro atoms. The molecule has 11 nitrogen and oxygen atoms in total. The van der Waals surface area contributed by atoms with Crippen LogP contribution in [0.3, 0.4) is 0 Å². The second-order valence-electron chi connectivity index (χ2n) is 7.15. The number of rotatable bonds is 5. The van der Waals surface area contributed by atoms with E-state index in [0.29, 0.717) is 41.4 Å². The van der Waals surface area contributed by atoms with Crippen molar-refractivity contribution in [1.82, 2.24) is 25.1 Å². The number of anilines is 1. The van der Waals surface area contributed by atoms with Crippen molar-refractivity contribution in [3.8, 4) is 17.2 Å². The highest BCUT2D eigenvalue weighted by Crippen LogP contribution is 2.32. The maximum Gasteiger partial charge on any atom is 0.325 e. The molecule has 1 aliphatic rings. The molecule has 0 atom stereocenters. The van der Waals surface area contributed by atoms with Crippen molar-refractivity contribution >= 4 is 40.4 Å². The summed E-state index contributed by atoms with van der Waals surface area (Å²) in [5, 5.41) is 9.63. The highest BCUT2D eigenvalue weighted by atomic mass is 32.2. The summed E-state index contributed by atoms with van der Waals surface area (Å²) in [6, 6.07) is 13.5. The first kappa shape index (κ1) is 21.5. The lowest BCUT2D eigenvalue weighted by Crippen LogP contribution is -2.35. The molecule has 34 heavy (non-hydrogen) atoms. The maximum absolute atomic E-state index is 12.4. The molecule has 2 aromatic heterocycles. The lowest BCUT2D eigenvalue weighted by Gasteiger charge is -2.19. The van der Waals surface area contributed by atoms with Gasteiger partial charge in [-0.25, -0.2) is 14.5 Å². The monoisotopic (exact) mass is 478 g/mol. The average molecular weight is 478 g/mol. The molecule has 0 saturated heterocycles. The van der Waals surface area contributed by atoms with Gasteiger partial charge in [0.05, 0.1) is 17.6 Å². The first-order valence-electron chi connectivity index (χ1n) is 10.2. The first-order chi connectivity index (χ1) is 16.6. The summed E-state index contributed by atoms with van der Waals surface area (Å²) in [5.41, 5.74) is 1.20. The molecule has 0 radical (unpaired) electrons. The number of H-pyrrole nitrogens is 1. The molecule has 3 amide bonds. The molecule has 3 N–H and O–H groups in total. The Bertz CT molecular complexity index is 1440. The molecular formula is C22H18N6O5S. The summed E-state index contributed by atoms with van der Waals surface area (Å²) in [4.78, 5) is 43.9. The molecule has 12 heteroatoms. The van der Waals surface area contributed by atoms with Crippen molar-refractivity contribution in [3.63, 3.8) is 0 Å². The molecule has 0 aliphatic carbocycles. The van der Waals surface area contributed by atoms with Gasteiger partial charge in [-0.1, -0.05) is 30.0 Å². The summed E-state index contributed by atoms with van der Waals surface area (Å²) in [5.74, 6) is 0.421. The summed E-state index contributed by atoms with van der Waals surface area (Å²) >= 11 is 0.995. The lowest BCUT2D eigenvalue weighted by molar-refractivity contribution is -0.117. The zero-order valence-corrected chi connectivity index (χ0v) is 18.4. The minimum absolute atomic E-state index is 0.136. The van der Waals surface area contributed by atoms with Crippen molar-refractivity contribution < 1.29 is 19.1 Å². The number of nitrogens with zero attached hydrogens (tertiary/aromatic N) is 3. The number of aromatic nitrogens is 4. The van der Waals surface area contributed by atoms with Gasteiger partial charge in [0.15, 0.2) is 22.3 Å². The third kappa shape index (κ3) is 4.57. The van der Waals surface area contributed by atoms with Crippen LogP contribution in [0.25, 0.3) is 16.7 Å². The van der Waals surface area contributed by atoms with Crippen molar-refractivity contribution in [2.45, 2.75) is 5.16 Å². The second kappa shape index (κ2) is 9.27. The largest absolute Gasteiger partial charge is 0.486 e. The molecule has 0 saturated carbocycles. The van der Waals surface area contributed by atoms with Crippen LogP contribution >= 0.6 is 11.8 Å². The van der Waals surface area contributed by atoms with Crippen LogP contribution in [-0.4, -0.2) is 50.7 Å². The van der Waals surface area contributed by atoms with E-state index in [0.717, 1.165) is 17.4 Å². The summed E-state index contributed by atoms with van der Waals surface area (Å²) < 4.78 is 12.5. The SMILES string of the molecule is O=C(CSc1nc2c(cnn2-c2ccccc2)c(=O)[nH]1)NC(=O)Nc1ccc2c(c1)OCCO2. The van der Waals surface area contributed by atoms with Gasteiger partial charge in [-0.2, -0.15) is 5.10 Å². The number of carbonyl (C=O) groups excluding carboxylic acids is 2. The smallest absolute Gasteiger partial charge is 0.325 e. The molecule has 1 aliphatic heterocycles. The van der Waals surface area contributed by atoms with Gasteiger partial charge in [0.2, 0.25) is 5.91 Å². The van der Waals surface area contributed by atoms with E-state index in [9.17, 15) is 14.4 Å². The predicted octanol–water partition coefficient (Wildman–Crippen LogP) is 2.32. The van der Waals surface area contributed by atoms with E-state index in [1.807, 2.05) is 30.3 Å². The number of hydrogen-bond donors (Lipinski definition) is 3. The van der Waals surface area contributed by atoms with Crippen LogP contribution in [0.4, 0.5) is 10.5 Å². The van der Waals surface area contributed by atoms with Crippen LogP contribution in [0, 0.1) is 0 Å². The van der Waals surface area contributed by atoms with Gasteiger partial charge in [-0.15, -0.1) is 0 Å². The normalized spacial score (nSPS) is 12.4. The van der Waals surface area contributed by atoms with Gasteiger partial charge >= 0.3 is 6.03 Å². The van der Waals surface area contributed by atoms with E-state index in [-0.39, 0.29) is 16.5 Å². The fraction of sp³-hybridized carbons (Fsp3) is 0.136. The Morgan fingerprint density at radius 1 is 1.09 bits per heavy atom. The van der Waals surface area contributed by atoms with E-state index in [4.69, 9.17) is 9.47 Å². The molecule has 0 bridgehead atoms. The Hall–Kier alpha value is -4.32. The quantitative estimate of drug-likeness (QED) is 0.293. The van der Waals surface area contributed by atoms with Gasteiger partial charge in [0, 0.05) is 11.8 Å². The molecule has 5 rings (SSSR count). The number of imide groups is 1. The van der Waals surface area contributed by atoms with Gasteiger partial charge in [-0.3, -0.25) is 14.9 Å². The number of aromatic amines is 1. The minimum atomic E-state index is -0.693. The zero-order chi connectivity index (χ0) is 23.5. The van der Waals surface area contributed by atoms with Gasteiger partial charge in [-0.05, 0) is 24.3 Å². The lowest BCUT2D eigenvalue weighted by atomic mass is 10.2. The zero-order valence-electron chi connectivity index (χ0n) is 17.6. The van der Waals surface area contributed by atoms with E-state index in [1.165, 1.54) is 6.20 Å². The summed E-state index contributed by atoms with van der Waals surface area (Å²) in [6.07, 6.45) is 1.44. The van der Waals surface area contributed by atoms with Crippen LogP contribution < -0.4 is 25.7 Å². The first-order valence-corrected chi connectivity index (χ1v) is 11.2. The summed E-state index contributed by atoms with van der Waals surface area (Å²) in [6.45, 7) is 0.889. The molecule has 4 aromatic rings. The van der Waals surface area contributed by atoms with Gasteiger partial charge in [0.1, 0.15) is 18.6 Å². The number of benzene rings is 2. The van der Waals surface area contributed by atoms with Crippen LogP contribution in [-0.2, 0) is 4.79 Å². The number of para-hydroxylation sites is 1. The number of urea groups is 1. The maximum atomic E-state index is 12.4. The fourth-order valence-corrected chi connectivity index (χ4v) is 3.96. The Morgan fingerprint density at radius 2 is 1.88 bits per heavy atom. The topological polar surface area (TPSA) is 140 Å². The molecule has 0 unspecified atom stereocenters. The van der Waals surface area contributed by atoms with E-state index >= 15 is 0 Å². The number of hydrogen-bond acceptors (Lipinski definition) is 8. The number of nitrogens with one attached hydrogen (secondary N) is 3. The Labute approximate surface area is 196 Å². The van der Waals surface area contributed by atoms with Crippen LogP contribution in [0.1, 0.15) is 0 Å². The third-order valence-electron chi connectivity index (χ3n) is 4.81. The van der Waals surface area contributed by atoms with Crippen molar-refractivity contribution in [2.24, 2.45) is 0 Å². The van der Waals surface area contributed by atoms with Crippen molar-refractivity contribution in [2.75, 3.05) is 24.3 Å². The van der Waals surface area contributed by atoms with Crippen molar-refractivity contribution in [3.05, 3.63) is 65.1 Å². The van der Waals surface area contributed by atoms with Crippen molar-refractivity contribution in [1.29, 1.82) is 0 Å². The summed E-state index contributed by atoms with van der Waals surface area (Å²) in [7, 11) is 0. The standard InChI is InChI=1S/C22H18N6O5S/c29-18(25-21(31)24-13-6-7-16-17(10-13)33-9-8-32-16)12-34-22-26-19-15(20(30)27-22)11-23-28(19)14-4-2-1-3-5-14/h1-7,10-11H,8-9,12H2,(H,26,27,30)(H2,24,25,29,31). The number of amides is 3. The number of thioether (sulfide) groups is 1. The molecular weight excluding hydrogens is 460 g/mol. The Kier molecular flexibility index (Phi) is 5.87. The minimum Gasteiger partial charge on any atom is -0.486 e. The highest BCUT2D eigenvalue weighted by molar-refractivity contribution is 7.99. The van der Waals surface area contributed by atoms with E-state index < -0.39 is 11.9 Å². The fourth-order valence-electron chi connectivity index (χ4n) is 3.30. The Balaban J connectivity index is 1.22. The molecule has 172 valence electrons. The van der Waals surface area contributed by atoms with Crippen LogP contribution in [0.5, 0.6) is 11.5 Å². The molecule has 3 heterocycles. The number of carbonyl (C=O) groups is 2. The second-order valence-corrected chi connectivity index (χ2v) is 8.11. The third-order valence-corrected chi connectivity index (χ3v) is 5.68. The van der Waals surface area contributed by atoms with Gasteiger partial charge in [0.25, 0.3) is 5.56 Å². The molecule has 0 fully saturated rings. The number of ether oxygens (including phenoxy) is 2.